The van der Waals surface area contributed by atoms with Crippen LogP contribution in [0.3, 0.4) is 0 Å². The lowest BCUT2D eigenvalue weighted by Gasteiger charge is -2.26. The molecule has 5 rings (SSSR count). The highest BCUT2D eigenvalue weighted by molar-refractivity contribution is 6.05. The van der Waals surface area contributed by atoms with Crippen LogP contribution in [0.2, 0.25) is 0 Å². The number of anilines is 1. The molecule has 40 heavy (non-hydrogen) atoms. The molecule has 9 nitrogen and oxygen atoms in total. The van der Waals surface area contributed by atoms with E-state index < -0.39 is 17.4 Å². The second kappa shape index (κ2) is 11.3. The van der Waals surface area contributed by atoms with Crippen LogP contribution in [-0.4, -0.2) is 49.9 Å². The number of benzene rings is 3. The molecule has 2 amide bonds. The Labute approximate surface area is 231 Å². The van der Waals surface area contributed by atoms with Gasteiger partial charge in [0.1, 0.15) is 0 Å². The van der Waals surface area contributed by atoms with Crippen molar-refractivity contribution in [2.24, 2.45) is 5.92 Å². The maximum atomic E-state index is 13.1. The fourth-order valence-electron chi connectivity index (χ4n) is 5.01. The summed E-state index contributed by atoms with van der Waals surface area (Å²) < 4.78 is 1.24. The van der Waals surface area contributed by atoms with Crippen molar-refractivity contribution in [2.45, 2.75) is 25.5 Å². The van der Waals surface area contributed by atoms with Gasteiger partial charge in [-0.15, -0.1) is 0 Å². The van der Waals surface area contributed by atoms with Gasteiger partial charge in [-0.1, -0.05) is 67.6 Å². The number of rotatable bonds is 9. The number of aliphatic hydroxyl groups is 2. The van der Waals surface area contributed by atoms with E-state index in [-0.39, 0.29) is 31.0 Å². The van der Waals surface area contributed by atoms with E-state index in [1.54, 1.807) is 60.5 Å². The van der Waals surface area contributed by atoms with Gasteiger partial charge in [0.2, 0.25) is 5.91 Å². The molecule has 0 fully saturated rings. The minimum absolute atomic E-state index is 0.0399. The van der Waals surface area contributed by atoms with Gasteiger partial charge in [-0.25, -0.2) is 0 Å². The Kier molecular flexibility index (Phi) is 7.59. The first-order valence-electron chi connectivity index (χ1n) is 13.1. The Hall–Kier alpha value is -4.60. The number of nitrogens with one attached hydrogen (secondary N) is 1. The Bertz CT molecular complexity index is 1650. The van der Waals surface area contributed by atoms with Crippen molar-refractivity contribution in [1.29, 1.82) is 0 Å². The number of nitrogens with zero attached hydrogens (tertiary/aromatic N) is 3. The predicted molar refractivity (Wildman–Crippen MR) is 152 cm³/mol. The fourth-order valence-corrected chi connectivity index (χ4v) is 5.01. The van der Waals surface area contributed by atoms with Crippen LogP contribution in [0.15, 0.2) is 95.9 Å². The van der Waals surface area contributed by atoms with Gasteiger partial charge in [0.15, 0.2) is 5.60 Å². The number of aliphatic hydroxyl groups excluding tert-OH is 1. The standard InChI is InChI=1S/C31H30N4O5/c1-21(8-7-13-28(37)34(16-17-36)20-22-9-3-2-4-10-22)31(40)26-18-24(14-15-27(26)33-30(31)39)35-29(38)25-12-6-5-11-23(25)19-32-35/h2-12,14-15,18-19,21,36,40H,13,16-17,20H2,1H3,(H,33,39)/b8-7+/t21-,31+/m1/s1. The van der Waals surface area contributed by atoms with E-state index in [0.717, 1.165) is 5.56 Å². The van der Waals surface area contributed by atoms with E-state index in [1.807, 2.05) is 42.5 Å². The molecule has 0 spiro atoms. The average molecular weight is 539 g/mol. The number of aromatic nitrogens is 2. The first-order valence-corrected chi connectivity index (χ1v) is 13.1. The maximum absolute atomic E-state index is 13.1. The Morgan fingerprint density at radius 2 is 1.85 bits per heavy atom. The lowest BCUT2D eigenvalue weighted by Crippen LogP contribution is -2.40. The van der Waals surface area contributed by atoms with Gasteiger partial charge in [-0.2, -0.15) is 9.78 Å². The quantitative estimate of drug-likeness (QED) is 0.281. The molecule has 0 saturated carbocycles. The van der Waals surface area contributed by atoms with Gasteiger partial charge in [0.05, 0.1) is 23.9 Å². The summed E-state index contributed by atoms with van der Waals surface area (Å²) in [7, 11) is 0. The van der Waals surface area contributed by atoms with Crippen molar-refractivity contribution >= 4 is 28.3 Å². The van der Waals surface area contributed by atoms with Crippen molar-refractivity contribution < 1.29 is 19.8 Å². The Balaban J connectivity index is 1.37. The molecule has 2 atom stereocenters. The van der Waals surface area contributed by atoms with Gasteiger partial charge in [-0.05, 0) is 29.8 Å². The van der Waals surface area contributed by atoms with Gasteiger partial charge in [-0.3, -0.25) is 14.4 Å². The van der Waals surface area contributed by atoms with Crippen LogP contribution < -0.4 is 10.9 Å². The molecular formula is C31H30N4O5. The topological polar surface area (TPSA) is 125 Å². The van der Waals surface area contributed by atoms with Gasteiger partial charge < -0.3 is 20.4 Å². The smallest absolute Gasteiger partial charge is 0.279 e. The van der Waals surface area contributed by atoms with Crippen molar-refractivity contribution in [2.75, 3.05) is 18.5 Å². The number of fused-ring (bicyclic) bond motifs is 2. The highest BCUT2D eigenvalue weighted by Gasteiger charge is 2.48. The number of hydrogen-bond acceptors (Lipinski definition) is 6. The molecule has 1 aromatic heterocycles. The predicted octanol–water partition coefficient (Wildman–Crippen LogP) is 3.13. The number of amides is 2. The van der Waals surface area contributed by atoms with E-state index in [2.05, 4.69) is 10.4 Å². The molecular weight excluding hydrogens is 508 g/mol. The lowest BCUT2D eigenvalue weighted by molar-refractivity contribution is -0.137. The summed E-state index contributed by atoms with van der Waals surface area (Å²) in [5.74, 6) is -1.47. The van der Waals surface area contributed by atoms with E-state index in [1.165, 1.54) is 4.68 Å². The number of hydrogen-bond donors (Lipinski definition) is 3. The van der Waals surface area contributed by atoms with Crippen molar-refractivity contribution in [3.8, 4) is 5.69 Å². The largest absolute Gasteiger partial charge is 0.395 e. The normalized spacial score (nSPS) is 17.1. The summed E-state index contributed by atoms with van der Waals surface area (Å²) in [6.45, 7) is 2.10. The van der Waals surface area contributed by atoms with Crippen LogP contribution in [0.4, 0.5) is 5.69 Å². The molecule has 0 bridgehead atoms. The third-order valence-electron chi connectivity index (χ3n) is 7.26. The molecule has 1 aliphatic heterocycles. The zero-order valence-corrected chi connectivity index (χ0v) is 22.0. The average Bonchev–Trinajstić information content (AvgIpc) is 3.23. The molecule has 3 N–H and O–H groups in total. The summed E-state index contributed by atoms with van der Waals surface area (Å²) >= 11 is 0. The molecule has 0 saturated heterocycles. The summed E-state index contributed by atoms with van der Waals surface area (Å²) in [4.78, 5) is 40.6. The van der Waals surface area contributed by atoms with Crippen LogP contribution >= 0.6 is 0 Å². The van der Waals surface area contributed by atoms with Crippen molar-refractivity contribution in [3.05, 3.63) is 113 Å². The third-order valence-corrected chi connectivity index (χ3v) is 7.26. The van der Waals surface area contributed by atoms with E-state index in [4.69, 9.17) is 0 Å². The van der Waals surface area contributed by atoms with Crippen LogP contribution in [0.25, 0.3) is 16.5 Å². The van der Waals surface area contributed by atoms with Gasteiger partial charge >= 0.3 is 0 Å². The van der Waals surface area contributed by atoms with E-state index >= 15 is 0 Å². The summed E-state index contributed by atoms with van der Waals surface area (Å²) in [5.41, 5.74) is -0.0967. The second-order valence-electron chi connectivity index (χ2n) is 9.84. The number of carbonyl (C=O) groups is 2. The van der Waals surface area contributed by atoms with Crippen LogP contribution in [-0.2, 0) is 21.7 Å². The molecule has 2 heterocycles. The summed E-state index contributed by atoms with van der Waals surface area (Å²) in [6.07, 6.45) is 4.90. The van der Waals surface area contributed by atoms with E-state index in [9.17, 15) is 24.6 Å². The summed E-state index contributed by atoms with van der Waals surface area (Å²) in [5, 5.41) is 29.3. The van der Waals surface area contributed by atoms with Gasteiger partial charge in [0, 0.05) is 42.1 Å². The Morgan fingerprint density at radius 1 is 1.10 bits per heavy atom. The minimum atomic E-state index is -1.92. The summed E-state index contributed by atoms with van der Waals surface area (Å²) in [6, 6.07) is 21.5. The molecule has 3 aromatic carbocycles. The molecule has 0 unspecified atom stereocenters. The first-order chi connectivity index (χ1) is 19.3. The van der Waals surface area contributed by atoms with Crippen LogP contribution in [0.5, 0.6) is 0 Å². The monoisotopic (exact) mass is 538 g/mol. The molecule has 0 aliphatic carbocycles. The molecule has 4 aromatic rings. The van der Waals surface area contributed by atoms with Gasteiger partial charge in [0.25, 0.3) is 11.5 Å². The fraction of sp³-hybridized carbons (Fsp3) is 0.226. The third kappa shape index (κ3) is 5.04. The minimum Gasteiger partial charge on any atom is -0.395 e. The number of carbonyl (C=O) groups excluding carboxylic acids is 2. The molecule has 0 radical (unpaired) electrons. The lowest BCUT2D eigenvalue weighted by atomic mass is 9.82. The maximum Gasteiger partial charge on any atom is 0.279 e. The zero-order chi connectivity index (χ0) is 28.3. The highest BCUT2D eigenvalue weighted by Crippen LogP contribution is 2.42. The molecule has 1 aliphatic rings. The zero-order valence-electron chi connectivity index (χ0n) is 22.0. The Morgan fingerprint density at radius 3 is 2.62 bits per heavy atom. The molecule has 9 heteroatoms. The van der Waals surface area contributed by atoms with Crippen molar-refractivity contribution in [1.82, 2.24) is 14.7 Å². The van der Waals surface area contributed by atoms with Crippen LogP contribution in [0.1, 0.15) is 24.5 Å². The van der Waals surface area contributed by atoms with E-state index in [0.29, 0.717) is 34.3 Å². The highest BCUT2D eigenvalue weighted by atomic mass is 16.3. The SMILES string of the molecule is C[C@H](/C=C/CC(=O)N(CCO)Cc1ccccc1)[C@@]1(O)C(=O)Nc2ccc(-n3ncc4ccccc4c3=O)cc21. The van der Waals surface area contributed by atoms with Crippen LogP contribution in [0, 0.1) is 5.92 Å². The first kappa shape index (κ1) is 27.0. The second-order valence-corrected chi connectivity index (χ2v) is 9.84. The molecule has 204 valence electrons. The van der Waals surface area contributed by atoms with Crippen molar-refractivity contribution in [3.63, 3.8) is 0 Å².